The van der Waals surface area contributed by atoms with Crippen LogP contribution in [0.15, 0.2) is 162 Å². The molecular weight excluding hydrogens is 625 g/mol. The summed E-state index contributed by atoms with van der Waals surface area (Å²) in [6.45, 7) is 0. The summed E-state index contributed by atoms with van der Waals surface area (Å²) >= 11 is 0. The molecule has 3 aromatic heterocycles. The third-order valence-electron chi connectivity index (χ3n) is 10.1. The molecule has 3 heterocycles. The number of hydrogen-bond acceptors (Lipinski definition) is 5. The number of aromatic nitrogens is 4. The number of furan rings is 1. The Bertz CT molecular complexity index is 3040. The average Bonchev–Trinajstić information content (AvgIpc) is 3.74. The highest BCUT2D eigenvalue weighted by Crippen LogP contribution is 2.48. The Kier molecular flexibility index (Phi) is 5.89. The van der Waals surface area contributed by atoms with Crippen LogP contribution in [0.5, 0.6) is 0 Å². The second-order valence-corrected chi connectivity index (χ2v) is 13.0. The molecule has 0 unspecified atom stereocenters. The number of nitrogens with zero attached hydrogens (tertiary/aromatic N) is 4. The predicted octanol–water partition coefficient (Wildman–Crippen LogP) is 11.8. The molecule has 7 aromatic carbocycles. The van der Waals surface area contributed by atoms with Crippen LogP contribution in [-0.2, 0) is 0 Å². The molecule has 0 amide bonds. The van der Waals surface area contributed by atoms with Crippen LogP contribution in [0.4, 0.5) is 0 Å². The Morgan fingerprint density at radius 2 is 1.04 bits per heavy atom. The van der Waals surface area contributed by atoms with E-state index in [4.69, 9.17) is 24.4 Å². The Hall–Kier alpha value is -6.98. The van der Waals surface area contributed by atoms with Crippen LogP contribution in [0.25, 0.3) is 111 Å². The Labute approximate surface area is 292 Å². The molecule has 0 bridgehead atoms. The van der Waals surface area contributed by atoms with Crippen LogP contribution in [0, 0.1) is 0 Å². The molecule has 5 heteroatoms. The predicted molar refractivity (Wildman–Crippen MR) is 206 cm³/mol. The van der Waals surface area contributed by atoms with E-state index in [1.54, 1.807) is 0 Å². The fraction of sp³-hybridized carbons (Fsp3) is 0. The van der Waals surface area contributed by atoms with Gasteiger partial charge in [-0.1, -0.05) is 115 Å². The van der Waals surface area contributed by atoms with E-state index in [1.165, 1.54) is 22.1 Å². The molecule has 0 radical (unpaired) electrons. The Balaban J connectivity index is 1.09. The van der Waals surface area contributed by atoms with Gasteiger partial charge in [0.1, 0.15) is 11.2 Å². The summed E-state index contributed by atoms with van der Waals surface area (Å²) in [7, 11) is 0. The van der Waals surface area contributed by atoms with E-state index in [0.29, 0.717) is 17.5 Å². The molecule has 0 fully saturated rings. The van der Waals surface area contributed by atoms with Gasteiger partial charge in [0.25, 0.3) is 0 Å². The Morgan fingerprint density at radius 1 is 0.373 bits per heavy atom. The molecule has 0 atom stereocenters. The number of para-hydroxylation sites is 1. The van der Waals surface area contributed by atoms with Crippen LogP contribution in [0.2, 0.25) is 0 Å². The van der Waals surface area contributed by atoms with Crippen molar-refractivity contribution in [3.05, 3.63) is 158 Å². The van der Waals surface area contributed by atoms with Gasteiger partial charge in [-0.25, -0.2) is 15.0 Å². The molecule has 0 N–H and O–H groups in total. The van der Waals surface area contributed by atoms with Gasteiger partial charge in [0.2, 0.25) is 0 Å². The lowest BCUT2D eigenvalue weighted by molar-refractivity contribution is 0.669. The first-order chi connectivity index (χ1) is 25.3. The summed E-state index contributed by atoms with van der Waals surface area (Å²) < 4.78 is 6.23. The molecular formula is C46H26N4O. The van der Waals surface area contributed by atoms with E-state index >= 15 is 0 Å². The first-order valence-corrected chi connectivity index (χ1v) is 17.0. The van der Waals surface area contributed by atoms with Crippen molar-refractivity contribution in [3.8, 4) is 67.5 Å². The maximum atomic E-state index is 6.23. The monoisotopic (exact) mass is 650 g/mol. The number of fused-ring (bicyclic) bond motifs is 7. The van der Waals surface area contributed by atoms with Crippen LogP contribution in [-0.4, -0.2) is 19.9 Å². The summed E-state index contributed by atoms with van der Waals surface area (Å²) in [6.07, 6.45) is 1.89. The van der Waals surface area contributed by atoms with Gasteiger partial charge in [0.15, 0.2) is 17.5 Å². The molecule has 10 aromatic rings. The lowest BCUT2D eigenvalue weighted by Crippen LogP contribution is -2.00. The summed E-state index contributed by atoms with van der Waals surface area (Å²) in [4.78, 5) is 20.1. The van der Waals surface area contributed by atoms with Crippen molar-refractivity contribution in [2.24, 2.45) is 0 Å². The van der Waals surface area contributed by atoms with Crippen molar-refractivity contribution in [2.45, 2.75) is 0 Å². The maximum Gasteiger partial charge on any atom is 0.164 e. The van der Waals surface area contributed by atoms with Crippen molar-refractivity contribution < 1.29 is 4.42 Å². The van der Waals surface area contributed by atoms with E-state index in [2.05, 4.69) is 103 Å². The molecule has 0 aliphatic heterocycles. The zero-order valence-electron chi connectivity index (χ0n) is 27.2. The molecule has 5 nitrogen and oxygen atoms in total. The summed E-state index contributed by atoms with van der Waals surface area (Å²) in [6, 6.07) is 52.6. The van der Waals surface area contributed by atoms with Gasteiger partial charge in [0.05, 0.1) is 5.52 Å². The fourth-order valence-electron chi connectivity index (χ4n) is 7.81. The zero-order chi connectivity index (χ0) is 33.5. The van der Waals surface area contributed by atoms with E-state index < -0.39 is 0 Å². The van der Waals surface area contributed by atoms with Gasteiger partial charge >= 0.3 is 0 Å². The lowest BCUT2D eigenvalue weighted by atomic mass is 9.94. The van der Waals surface area contributed by atoms with Crippen LogP contribution >= 0.6 is 0 Å². The van der Waals surface area contributed by atoms with Crippen LogP contribution in [0.1, 0.15) is 0 Å². The normalized spacial score (nSPS) is 11.9. The molecule has 1 aliphatic carbocycles. The minimum absolute atomic E-state index is 0.612. The highest BCUT2D eigenvalue weighted by atomic mass is 16.3. The molecule has 0 saturated carbocycles. The van der Waals surface area contributed by atoms with Gasteiger partial charge < -0.3 is 4.42 Å². The average molecular weight is 651 g/mol. The number of benzene rings is 7. The third-order valence-corrected chi connectivity index (χ3v) is 10.1. The quantitative estimate of drug-likeness (QED) is 0.190. The molecule has 11 rings (SSSR count). The van der Waals surface area contributed by atoms with Gasteiger partial charge in [-0.2, -0.15) is 0 Å². The van der Waals surface area contributed by atoms with Crippen LogP contribution in [0.3, 0.4) is 0 Å². The minimum Gasteiger partial charge on any atom is -0.456 e. The van der Waals surface area contributed by atoms with E-state index in [0.717, 1.165) is 71.6 Å². The van der Waals surface area contributed by atoms with Crippen molar-refractivity contribution in [3.63, 3.8) is 0 Å². The van der Waals surface area contributed by atoms with Gasteiger partial charge in [0, 0.05) is 39.0 Å². The molecule has 0 saturated heterocycles. The summed E-state index contributed by atoms with van der Waals surface area (Å²) in [5, 5.41) is 5.66. The van der Waals surface area contributed by atoms with E-state index in [-0.39, 0.29) is 0 Å². The van der Waals surface area contributed by atoms with Gasteiger partial charge in [-0.3, -0.25) is 4.98 Å². The van der Waals surface area contributed by atoms with Gasteiger partial charge in [-0.15, -0.1) is 0 Å². The lowest BCUT2D eigenvalue weighted by Gasteiger charge is -2.12. The number of rotatable bonds is 4. The fourth-order valence-corrected chi connectivity index (χ4v) is 7.81. The largest absolute Gasteiger partial charge is 0.456 e. The SMILES string of the molecule is c1ccc(-c2nc(-c3ccc4c(-c5cccc6oc7ccccc7c56)cccc4c3)nc(-c3cc4c5c(ccnc5c3)-c3ccccc3-4)n2)cc1. The Morgan fingerprint density at radius 3 is 1.92 bits per heavy atom. The standard InChI is InChI=1S/C46H26N4O/c1-2-10-27(11-3-1)44-48-45(50-46(49-44)30-25-38-34-14-5-4-13-33(34)36-22-23-47-39(26-30)42(36)38)29-20-21-31-28(24-29)12-8-16-32(31)35-17-9-19-41-43(35)37-15-6-7-18-40(37)51-41/h1-26H. The smallest absolute Gasteiger partial charge is 0.164 e. The first-order valence-electron chi connectivity index (χ1n) is 17.0. The third kappa shape index (κ3) is 4.28. The highest BCUT2D eigenvalue weighted by molar-refractivity contribution is 6.16. The van der Waals surface area contributed by atoms with Crippen molar-refractivity contribution in [2.75, 3.05) is 0 Å². The first kappa shape index (κ1) is 27.9. The van der Waals surface area contributed by atoms with E-state index in [9.17, 15) is 0 Å². The topological polar surface area (TPSA) is 64.7 Å². The zero-order valence-corrected chi connectivity index (χ0v) is 27.2. The van der Waals surface area contributed by atoms with Crippen LogP contribution < -0.4 is 0 Å². The van der Waals surface area contributed by atoms with Gasteiger partial charge in [-0.05, 0) is 80.6 Å². The summed E-state index contributed by atoms with van der Waals surface area (Å²) in [5.74, 6) is 1.86. The van der Waals surface area contributed by atoms with E-state index in [1.807, 2.05) is 54.7 Å². The van der Waals surface area contributed by atoms with Crippen molar-refractivity contribution >= 4 is 43.6 Å². The second-order valence-electron chi connectivity index (χ2n) is 13.0. The second kappa shape index (κ2) is 10.8. The maximum absolute atomic E-state index is 6.23. The highest BCUT2D eigenvalue weighted by Gasteiger charge is 2.24. The molecule has 236 valence electrons. The number of hydrogen-bond donors (Lipinski definition) is 0. The molecule has 1 aliphatic rings. The molecule has 51 heavy (non-hydrogen) atoms. The van der Waals surface area contributed by atoms with Crippen molar-refractivity contribution in [1.29, 1.82) is 0 Å². The minimum atomic E-state index is 0.612. The molecule has 0 spiro atoms. The number of pyridine rings is 1. The van der Waals surface area contributed by atoms with Crippen molar-refractivity contribution in [1.82, 2.24) is 19.9 Å². The summed E-state index contributed by atoms with van der Waals surface area (Å²) in [5.41, 5.74) is 12.6.